The molecule has 1 atom stereocenters. The average molecular weight is 220 g/mol. The summed E-state index contributed by atoms with van der Waals surface area (Å²) in [6.45, 7) is 4.76. The Kier molecular flexibility index (Phi) is 3.36. The first kappa shape index (κ1) is 10.9. The van der Waals surface area contributed by atoms with E-state index < -0.39 is 0 Å². The number of H-pyrrole nitrogens is 1. The first-order valence-electron chi connectivity index (χ1n) is 5.46. The van der Waals surface area contributed by atoms with Crippen molar-refractivity contribution in [1.82, 2.24) is 20.5 Å². The van der Waals surface area contributed by atoms with Crippen LogP contribution >= 0.6 is 0 Å². The molecule has 0 saturated carbocycles. The number of hydrogen-bond donors (Lipinski definition) is 2. The predicted molar refractivity (Wildman–Crippen MR) is 59.7 cm³/mol. The third kappa shape index (κ3) is 2.49. The van der Waals surface area contributed by atoms with E-state index in [0.717, 1.165) is 23.8 Å². The van der Waals surface area contributed by atoms with Gasteiger partial charge in [0.05, 0.1) is 18.8 Å². The summed E-state index contributed by atoms with van der Waals surface area (Å²) >= 11 is 0. The van der Waals surface area contributed by atoms with E-state index in [1.54, 1.807) is 6.26 Å². The molecule has 16 heavy (non-hydrogen) atoms. The highest BCUT2D eigenvalue weighted by molar-refractivity contribution is 5.00. The van der Waals surface area contributed by atoms with Crippen LogP contribution in [0.5, 0.6) is 0 Å². The number of aromatic amines is 1. The van der Waals surface area contributed by atoms with Crippen LogP contribution in [-0.2, 0) is 13.0 Å². The van der Waals surface area contributed by atoms with E-state index in [-0.39, 0.29) is 6.04 Å². The first-order chi connectivity index (χ1) is 7.79. The molecule has 1 unspecified atom stereocenters. The number of aryl methyl sites for hydroxylation is 1. The smallest absolute Gasteiger partial charge is 0.167 e. The maximum absolute atomic E-state index is 5.24. The summed E-state index contributed by atoms with van der Waals surface area (Å²) in [5, 5.41) is 10.4. The molecule has 0 radical (unpaired) electrons. The van der Waals surface area contributed by atoms with Crippen LogP contribution < -0.4 is 5.32 Å². The Bertz CT molecular complexity index is 421. The number of aromatic nitrogens is 3. The zero-order valence-corrected chi connectivity index (χ0v) is 9.53. The van der Waals surface area contributed by atoms with Gasteiger partial charge < -0.3 is 9.73 Å². The monoisotopic (exact) mass is 220 g/mol. The fourth-order valence-electron chi connectivity index (χ4n) is 1.42. The standard InChI is InChI=1S/C11H16N4O/c1-3-10-13-11(15-14-10)8(2)12-7-9-5-4-6-16-9/h4-6,8,12H,3,7H2,1-2H3,(H,13,14,15). The van der Waals surface area contributed by atoms with Gasteiger partial charge in [-0.05, 0) is 19.1 Å². The van der Waals surface area contributed by atoms with E-state index in [0.29, 0.717) is 6.54 Å². The molecular weight excluding hydrogens is 204 g/mol. The Labute approximate surface area is 94.3 Å². The second-order valence-corrected chi connectivity index (χ2v) is 3.68. The van der Waals surface area contributed by atoms with Gasteiger partial charge in [-0.3, -0.25) is 5.10 Å². The van der Waals surface area contributed by atoms with Crippen LogP contribution in [-0.4, -0.2) is 15.2 Å². The van der Waals surface area contributed by atoms with E-state index >= 15 is 0 Å². The van der Waals surface area contributed by atoms with Crippen LogP contribution in [0.2, 0.25) is 0 Å². The fourth-order valence-corrected chi connectivity index (χ4v) is 1.42. The molecule has 0 bridgehead atoms. The predicted octanol–water partition coefficient (Wildman–Crippen LogP) is 1.81. The summed E-state index contributed by atoms with van der Waals surface area (Å²) in [6.07, 6.45) is 2.54. The number of nitrogens with one attached hydrogen (secondary N) is 2. The van der Waals surface area contributed by atoms with Crippen molar-refractivity contribution < 1.29 is 4.42 Å². The van der Waals surface area contributed by atoms with E-state index in [1.807, 2.05) is 26.0 Å². The van der Waals surface area contributed by atoms with Gasteiger partial charge in [-0.2, -0.15) is 5.10 Å². The quantitative estimate of drug-likeness (QED) is 0.806. The molecule has 2 aromatic rings. The molecule has 2 heterocycles. The van der Waals surface area contributed by atoms with Crippen molar-refractivity contribution in [2.24, 2.45) is 0 Å². The lowest BCUT2D eigenvalue weighted by atomic mass is 10.3. The topological polar surface area (TPSA) is 66.7 Å². The fraction of sp³-hybridized carbons (Fsp3) is 0.455. The second-order valence-electron chi connectivity index (χ2n) is 3.68. The molecule has 0 saturated heterocycles. The van der Waals surface area contributed by atoms with Crippen molar-refractivity contribution in [3.05, 3.63) is 35.8 Å². The SMILES string of the molecule is CCc1nc(C(C)NCc2ccco2)n[nH]1. The molecule has 2 aromatic heterocycles. The van der Waals surface area contributed by atoms with Gasteiger partial charge in [-0.25, -0.2) is 4.98 Å². The molecule has 2 N–H and O–H groups in total. The van der Waals surface area contributed by atoms with Crippen molar-refractivity contribution in [3.63, 3.8) is 0 Å². The molecule has 86 valence electrons. The van der Waals surface area contributed by atoms with Crippen LogP contribution in [0.4, 0.5) is 0 Å². The lowest BCUT2D eigenvalue weighted by molar-refractivity contribution is 0.453. The lowest BCUT2D eigenvalue weighted by Crippen LogP contribution is -2.18. The van der Waals surface area contributed by atoms with Crippen LogP contribution in [0.1, 0.15) is 37.3 Å². The van der Waals surface area contributed by atoms with E-state index in [2.05, 4.69) is 20.5 Å². The zero-order valence-electron chi connectivity index (χ0n) is 9.53. The van der Waals surface area contributed by atoms with Crippen LogP contribution in [0.15, 0.2) is 22.8 Å². The molecule has 2 rings (SSSR count). The van der Waals surface area contributed by atoms with E-state index in [9.17, 15) is 0 Å². The molecule has 0 fully saturated rings. The second kappa shape index (κ2) is 4.94. The molecule has 0 spiro atoms. The molecule has 0 aliphatic rings. The summed E-state index contributed by atoms with van der Waals surface area (Å²) in [5.74, 6) is 2.63. The number of nitrogens with zero attached hydrogens (tertiary/aromatic N) is 2. The third-order valence-electron chi connectivity index (χ3n) is 2.43. The van der Waals surface area contributed by atoms with E-state index in [1.165, 1.54) is 0 Å². The molecule has 0 aromatic carbocycles. The summed E-state index contributed by atoms with van der Waals surface area (Å²) in [7, 11) is 0. The minimum absolute atomic E-state index is 0.113. The van der Waals surface area contributed by atoms with Gasteiger partial charge in [0.2, 0.25) is 0 Å². The van der Waals surface area contributed by atoms with Crippen LogP contribution in [0.3, 0.4) is 0 Å². The minimum atomic E-state index is 0.113. The van der Waals surface area contributed by atoms with Gasteiger partial charge in [0.15, 0.2) is 5.82 Å². The van der Waals surface area contributed by atoms with Crippen molar-refractivity contribution >= 4 is 0 Å². The average Bonchev–Trinajstić information content (AvgIpc) is 2.96. The Morgan fingerprint density at radius 2 is 2.44 bits per heavy atom. The van der Waals surface area contributed by atoms with Gasteiger partial charge in [-0.15, -0.1) is 0 Å². The molecule has 0 amide bonds. The van der Waals surface area contributed by atoms with Gasteiger partial charge in [0.25, 0.3) is 0 Å². The normalized spacial score (nSPS) is 12.9. The maximum Gasteiger partial charge on any atom is 0.167 e. The van der Waals surface area contributed by atoms with Gasteiger partial charge in [-0.1, -0.05) is 6.92 Å². The Hall–Kier alpha value is -1.62. The zero-order chi connectivity index (χ0) is 11.4. The van der Waals surface area contributed by atoms with E-state index in [4.69, 9.17) is 4.42 Å². The summed E-state index contributed by atoms with van der Waals surface area (Å²) in [4.78, 5) is 4.37. The third-order valence-corrected chi connectivity index (χ3v) is 2.43. The number of rotatable bonds is 5. The highest BCUT2D eigenvalue weighted by atomic mass is 16.3. The lowest BCUT2D eigenvalue weighted by Gasteiger charge is -2.08. The van der Waals surface area contributed by atoms with Crippen LogP contribution in [0.25, 0.3) is 0 Å². The molecule has 5 heteroatoms. The Balaban J connectivity index is 1.90. The summed E-state index contributed by atoms with van der Waals surface area (Å²) in [5.41, 5.74) is 0. The Morgan fingerprint density at radius 3 is 3.06 bits per heavy atom. The molecular formula is C11H16N4O. The molecule has 0 aliphatic carbocycles. The van der Waals surface area contributed by atoms with Gasteiger partial charge >= 0.3 is 0 Å². The summed E-state index contributed by atoms with van der Waals surface area (Å²) < 4.78 is 5.24. The van der Waals surface area contributed by atoms with Gasteiger partial charge in [0.1, 0.15) is 11.6 Å². The van der Waals surface area contributed by atoms with Crippen molar-refractivity contribution in [2.75, 3.05) is 0 Å². The Morgan fingerprint density at radius 1 is 1.56 bits per heavy atom. The number of hydrogen-bond acceptors (Lipinski definition) is 4. The van der Waals surface area contributed by atoms with Crippen LogP contribution in [0, 0.1) is 0 Å². The minimum Gasteiger partial charge on any atom is -0.468 e. The highest BCUT2D eigenvalue weighted by Gasteiger charge is 2.10. The van der Waals surface area contributed by atoms with Crippen molar-refractivity contribution in [2.45, 2.75) is 32.9 Å². The molecule has 5 nitrogen and oxygen atoms in total. The maximum atomic E-state index is 5.24. The highest BCUT2D eigenvalue weighted by Crippen LogP contribution is 2.08. The van der Waals surface area contributed by atoms with Crippen molar-refractivity contribution in [1.29, 1.82) is 0 Å². The summed E-state index contributed by atoms with van der Waals surface area (Å²) in [6, 6.07) is 3.93. The van der Waals surface area contributed by atoms with Gasteiger partial charge in [0, 0.05) is 6.42 Å². The number of furan rings is 1. The molecule has 0 aliphatic heterocycles. The largest absolute Gasteiger partial charge is 0.468 e. The first-order valence-corrected chi connectivity index (χ1v) is 5.46. The van der Waals surface area contributed by atoms with Crippen molar-refractivity contribution in [3.8, 4) is 0 Å².